The van der Waals surface area contributed by atoms with E-state index in [1.165, 1.54) is 0 Å². The van der Waals surface area contributed by atoms with Crippen molar-refractivity contribution in [1.29, 1.82) is 0 Å². The highest BCUT2D eigenvalue weighted by Crippen LogP contribution is 2.34. The third-order valence-corrected chi connectivity index (χ3v) is 5.21. The van der Waals surface area contributed by atoms with Crippen molar-refractivity contribution in [2.24, 2.45) is 0 Å². The molecule has 2 aromatic carbocycles. The van der Waals surface area contributed by atoms with Gasteiger partial charge < -0.3 is 4.55 Å². The van der Waals surface area contributed by atoms with Gasteiger partial charge in [0, 0.05) is 10.6 Å². The molecular weight excluding hydrogens is 332 g/mol. The molecule has 0 saturated carbocycles. The fourth-order valence-corrected chi connectivity index (χ4v) is 3.78. The van der Waals surface area contributed by atoms with Crippen molar-refractivity contribution in [3.8, 4) is 11.1 Å². The Kier molecular flexibility index (Phi) is 4.73. The number of rotatable bonds is 3. The Bertz CT molecular complexity index is 542. The summed E-state index contributed by atoms with van der Waals surface area (Å²) in [5.74, 6) is 0.600. The van der Waals surface area contributed by atoms with Crippen LogP contribution >= 0.6 is 27.5 Å². The third kappa shape index (κ3) is 2.91. The summed E-state index contributed by atoms with van der Waals surface area (Å²) < 4.78 is 13.0. The van der Waals surface area contributed by atoms with Gasteiger partial charge in [-0.05, 0) is 63.9 Å². The van der Waals surface area contributed by atoms with E-state index in [0.29, 0.717) is 10.8 Å². The lowest BCUT2D eigenvalue weighted by Crippen LogP contribution is -2.06. The quantitative estimate of drug-likeness (QED) is 0.727. The van der Waals surface area contributed by atoms with Crippen molar-refractivity contribution in [3.05, 3.63) is 52.0 Å². The standard InChI is InChI=1S/C14H12BrClOS/c1-2-18(17)14-12(4-3-5-13(14)15)10-6-8-11(16)9-7-10/h3-9H,2H2,1H3. The van der Waals surface area contributed by atoms with Gasteiger partial charge in [-0.3, -0.25) is 0 Å². The van der Waals surface area contributed by atoms with E-state index in [1.54, 1.807) is 0 Å². The highest BCUT2D eigenvalue weighted by atomic mass is 79.9. The number of hydrogen-bond donors (Lipinski definition) is 0. The van der Waals surface area contributed by atoms with Crippen LogP contribution in [0.15, 0.2) is 51.8 Å². The summed E-state index contributed by atoms with van der Waals surface area (Å²) in [6, 6.07) is 13.4. The molecule has 0 fully saturated rings. The molecular formula is C14H12BrClOS. The molecule has 0 aliphatic heterocycles. The van der Waals surface area contributed by atoms with E-state index in [2.05, 4.69) is 15.9 Å². The zero-order valence-corrected chi connectivity index (χ0v) is 13.0. The summed E-state index contributed by atoms with van der Waals surface area (Å²) in [7, 11) is 0. The van der Waals surface area contributed by atoms with Gasteiger partial charge in [-0.25, -0.2) is 0 Å². The molecule has 0 aliphatic carbocycles. The zero-order valence-electron chi connectivity index (χ0n) is 9.82. The number of hydrogen-bond acceptors (Lipinski definition) is 1. The van der Waals surface area contributed by atoms with Crippen LogP contribution in [0, 0.1) is 0 Å². The number of halogens is 2. The Balaban J connectivity index is 2.56. The first-order chi connectivity index (χ1) is 8.63. The molecule has 0 heterocycles. The molecule has 0 aromatic heterocycles. The van der Waals surface area contributed by atoms with Crippen LogP contribution in [0.5, 0.6) is 0 Å². The zero-order chi connectivity index (χ0) is 13.1. The smallest absolute Gasteiger partial charge is 0.174 e. The average Bonchev–Trinajstić information content (AvgIpc) is 2.38. The van der Waals surface area contributed by atoms with E-state index in [9.17, 15) is 4.55 Å². The van der Waals surface area contributed by atoms with Gasteiger partial charge in [-0.2, -0.15) is 0 Å². The second kappa shape index (κ2) is 6.11. The lowest BCUT2D eigenvalue weighted by atomic mass is 10.1. The third-order valence-electron chi connectivity index (χ3n) is 2.61. The highest BCUT2D eigenvalue weighted by Gasteiger charge is 2.19. The van der Waals surface area contributed by atoms with Crippen LogP contribution in [-0.4, -0.2) is 10.3 Å². The maximum Gasteiger partial charge on any atom is 0.174 e. The van der Waals surface area contributed by atoms with Crippen LogP contribution in [0.1, 0.15) is 6.92 Å². The molecule has 1 atom stereocenters. The SMILES string of the molecule is CC[S+]([O-])c1c(Br)cccc1-c1ccc(Cl)cc1. The van der Waals surface area contributed by atoms with E-state index in [-0.39, 0.29) is 0 Å². The van der Waals surface area contributed by atoms with Gasteiger partial charge in [-0.1, -0.05) is 29.8 Å². The van der Waals surface area contributed by atoms with E-state index >= 15 is 0 Å². The van der Waals surface area contributed by atoms with Gasteiger partial charge in [0.2, 0.25) is 0 Å². The largest absolute Gasteiger partial charge is 0.611 e. The molecule has 2 aromatic rings. The van der Waals surface area contributed by atoms with Crippen LogP contribution in [0.3, 0.4) is 0 Å². The second-order valence-electron chi connectivity index (χ2n) is 3.76. The Morgan fingerprint density at radius 1 is 1.17 bits per heavy atom. The van der Waals surface area contributed by atoms with Crippen LogP contribution in [0.2, 0.25) is 5.02 Å². The van der Waals surface area contributed by atoms with Crippen molar-refractivity contribution < 1.29 is 4.55 Å². The minimum Gasteiger partial charge on any atom is -0.611 e. The predicted molar refractivity (Wildman–Crippen MR) is 81.5 cm³/mol. The van der Waals surface area contributed by atoms with Gasteiger partial charge in [0.25, 0.3) is 0 Å². The molecule has 0 amide bonds. The Morgan fingerprint density at radius 3 is 2.44 bits per heavy atom. The molecule has 94 valence electrons. The molecule has 0 saturated heterocycles. The topological polar surface area (TPSA) is 23.1 Å². The van der Waals surface area contributed by atoms with Crippen LogP contribution in [0.4, 0.5) is 0 Å². The Labute approximate surface area is 123 Å². The molecule has 0 spiro atoms. The van der Waals surface area contributed by atoms with Crippen molar-refractivity contribution in [3.63, 3.8) is 0 Å². The van der Waals surface area contributed by atoms with E-state index in [0.717, 1.165) is 20.5 Å². The summed E-state index contributed by atoms with van der Waals surface area (Å²) in [4.78, 5) is 0.849. The maximum absolute atomic E-state index is 12.2. The molecule has 0 N–H and O–H groups in total. The molecule has 18 heavy (non-hydrogen) atoms. The summed E-state index contributed by atoms with van der Waals surface area (Å²) in [6.07, 6.45) is 0. The molecule has 2 rings (SSSR count). The first-order valence-electron chi connectivity index (χ1n) is 5.56. The van der Waals surface area contributed by atoms with E-state index in [1.807, 2.05) is 49.4 Å². The average molecular weight is 344 g/mol. The Morgan fingerprint density at radius 2 is 1.83 bits per heavy atom. The molecule has 4 heteroatoms. The van der Waals surface area contributed by atoms with Crippen LogP contribution < -0.4 is 0 Å². The Hall–Kier alpha value is -0.480. The fourth-order valence-electron chi connectivity index (χ4n) is 1.74. The van der Waals surface area contributed by atoms with Crippen molar-refractivity contribution in [1.82, 2.24) is 0 Å². The summed E-state index contributed by atoms with van der Waals surface area (Å²) >= 11 is 8.37. The van der Waals surface area contributed by atoms with Gasteiger partial charge in [0.15, 0.2) is 4.90 Å². The summed E-state index contributed by atoms with van der Waals surface area (Å²) in [5, 5.41) is 0.701. The lowest BCUT2D eigenvalue weighted by Gasteiger charge is -2.14. The van der Waals surface area contributed by atoms with Crippen LogP contribution in [-0.2, 0) is 11.2 Å². The molecule has 0 radical (unpaired) electrons. The van der Waals surface area contributed by atoms with Gasteiger partial charge >= 0.3 is 0 Å². The first-order valence-corrected chi connectivity index (χ1v) is 8.05. The molecule has 1 unspecified atom stereocenters. The molecule has 0 bridgehead atoms. The van der Waals surface area contributed by atoms with Crippen molar-refractivity contribution in [2.75, 3.05) is 5.75 Å². The van der Waals surface area contributed by atoms with Crippen LogP contribution in [0.25, 0.3) is 11.1 Å². The summed E-state index contributed by atoms with van der Waals surface area (Å²) in [6.45, 7) is 1.92. The minimum atomic E-state index is -0.999. The molecule has 0 aliphatic rings. The van der Waals surface area contributed by atoms with Gasteiger partial charge in [0.1, 0.15) is 5.75 Å². The number of benzene rings is 2. The lowest BCUT2D eigenvalue weighted by molar-refractivity contribution is 0.596. The van der Waals surface area contributed by atoms with Crippen molar-refractivity contribution in [2.45, 2.75) is 11.8 Å². The maximum atomic E-state index is 12.2. The second-order valence-corrected chi connectivity index (χ2v) is 6.73. The van der Waals surface area contributed by atoms with Crippen molar-refractivity contribution >= 4 is 38.7 Å². The predicted octanol–water partition coefficient (Wildman–Crippen LogP) is 4.90. The van der Waals surface area contributed by atoms with Gasteiger partial charge in [0.05, 0.1) is 4.47 Å². The minimum absolute atomic E-state index is 0.600. The van der Waals surface area contributed by atoms with E-state index < -0.39 is 11.2 Å². The summed E-state index contributed by atoms with van der Waals surface area (Å²) in [5.41, 5.74) is 2.01. The highest BCUT2D eigenvalue weighted by molar-refractivity contribution is 9.10. The fraction of sp³-hybridized carbons (Fsp3) is 0.143. The van der Waals surface area contributed by atoms with Gasteiger partial charge in [-0.15, -0.1) is 0 Å². The first kappa shape index (κ1) is 13.9. The van der Waals surface area contributed by atoms with E-state index in [4.69, 9.17) is 11.6 Å². The molecule has 1 nitrogen and oxygen atoms in total. The monoisotopic (exact) mass is 342 g/mol. The normalized spacial score (nSPS) is 12.4.